The van der Waals surface area contributed by atoms with Gasteiger partial charge in [-0.15, -0.1) is 0 Å². The van der Waals surface area contributed by atoms with Crippen molar-refractivity contribution in [1.82, 2.24) is 9.21 Å². The van der Waals surface area contributed by atoms with Gasteiger partial charge in [-0.2, -0.15) is 4.31 Å². The first-order valence-electron chi connectivity index (χ1n) is 10.2. The van der Waals surface area contributed by atoms with Gasteiger partial charge in [0.2, 0.25) is 10.0 Å². The monoisotopic (exact) mass is 476 g/mol. The van der Waals surface area contributed by atoms with Crippen LogP contribution in [0, 0.1) is 10.1 Å². The maximum Gasteiger partial charge on any atom is 0.338 e. The van der Waals surface area contributed by atoms with Crippen molar-refractivity contribution in [2.24, 2.45) is 0 Å². The second-order valence-electron chi connectivity index (χ2n) is 7.43. The molecule has 1 N–H and O–H groups in total. The molecule has 1 aliphatic rings. The average Bonchev–Trinajstić information content (AvgIpc) is 2.79. The number of likely N-dealkylation sites (N-methyl/N-ethyl adjacent to an activating group) is 1. The van der Waals surface area contributed by atoms with Crippen LogP contribution >= 0.6 is 0 Å². The van der Waals surface area contributed by atoms with Crippen LogP contribution in [0.3, 0.4) is 0 Å². The van der Waals surface area contributed by atoms with Gasteiger partial charge >= 0.3 is 5.97 Å². The van der Waals surface area contributed by atoms with Crippen LogP contribution in [0.25, 0.3) is 0 Å². The van der Waals surface area contributed by atoms with E-state index in [0.29, 0.717) is 31.9 Å². The SMILES string of the molecule is CCOC(=O)c1cc(C(=O)Nc2ccc(S(=O)(=O)N3CCN(C)CC3)cc2)cc([N+](=O)[O-])c1. The number of rotatable bonds is 7. The number of nitro groups is 1. The fourth-order valence-corrected chi connectivity index (χ4v) is 4.69. The molecule has 11 nitrogen and oxygen atoms in total. The van der Waals surface area contributed by atoms with Gasteiger partial charge in [-0.1, -0.05) is 0 Å². The zero-order valence-corrected chi connectivity index (χ0v) is 19.0. The summed E-state index contributed by atoms with van der Waals surface area (Å²) in [6.45, 7) is 3.75. The average molecular weight is 477 g/mol. The van der Waals surface area contributed by atoms with E-state index in [4.69, 9.17) is 4.74 Å². The molecular formula is C21H24N4O7S. The number of hydrogen-bond acceptors (Lipinski definition) is 8. The molecule has 0 saturated carbocycles. The van der Waals surface area contributed by atoms with Crippen molar-refractivity contribution in [2.45, 2.75) is 11.8 Å². The van der Waals surface area contributed by atoms with E-state index in [1.54, 1.807) is 6.92 Å². The number of piperazine rings is 1. The lowest BCUT2D eigenvalue weighted by atomic mass is 10.1. The first kappa shape index (κ1) is 24.3. The molecule has 0 aliphatic carbocycles. The maximum atomic E-state index is 12.8. The highest BCUT2D eigenvalue weighted by molar-refractivity contribution is 7.89. The van der Waals surface area contributed by atoms with E-state index < -0.39 is 32.5 Å². The van der Waals surface area contributed by atoms with Crippen molar-refractivity contribution >= 4 is 33.3 Å². The number of benzene rings is 2. The normalized spacial score (nSPS) is 15.1. The fraction of sp³-hybridized carbons (Fsp3) is 0.333. The van der Waals surface area contributed by atoms with Gasteiger partial charge in [0.05, 0.1) is 22.0 Å². The van der Waals surface area contributed by atoms with Crippen molar-refractivity contribution in [3.63, 3.8) is 0 Å². The number of nitrogens with one attached hydrogen (secondary N) is 1. The van der Waals surface area contributed by atoms with Crippen molar-refractivity contribution in [1.29, 1.82) is 0 Å². The van der Waals surface area contributed by atoms with Crippen LogP contribution in [-0.2, 0) is 14.8 Å². The van der Waals surface area contributed by atoms with Crippen LogP contribution in [0.2, 0.25) is 0 Å². The number of esters is 1. The Morgan fingerprint density at radius 2 is 1.67 bits per heavy atom. The Balaban J connectivity index is 1.78. The molecule has 3 rings (SSSR count). The summed E-state index contributed by atoms with van der Waals surface area (Å²) in [5.74, 6) is -1.48. The van der Waals surface area contributed by atoms with E-state index in [0.717, 1.165) is 12.1 Å². The molecule has 176 valence electrons. The molecule has 0 atom stereocenters. The lowest BCUT2D eigenvalue weighted by molar-refractivity contribution is -0.384. The largest absolute Gasteiger partial charge is 0.462 e. The van der Waals surface area contributed by atoms with Crippen molar-refractivity contribution < 1.29 is 27.7 Å². The quantitative estimate of drug-likeness (QED) is 0.363. The topological polar surface area (TPSA) is 139 Å². The number of carbonyl (C=O) groups excluding carboxylic acids is 2. The summed E-state index contributed by atoms with van der Waals surface area (Å²) in [5, 5.41) is 13.8. The van der Waals surface area contributed by atoms with Crippen LogP contribution in [0.15, 0.2) is 47.4 Å². The van der Waals surface area contributed by atoms with Gasteiger partial charge in [-0.25, -0.2) is 13.2 Å². The highest BCUT2D eigenvalue weighted by Crippen LogP contribution is 2.22. The highest BCUT2D eigenvalue weighted by atomic mass is 32.2. The van der Waals surface area contributed by atoms with Gasteiger partial charge in [0, 0.05) is 49.6 Å². The molecule has 1 amide bonds. The number of anilines is 1. The molecule has 12 heteroatoms. The Bertz CT molecular complexity index is 1160. The summed E-state index contributed by atoms with van der Waals surface area (Å²) in [6.07, 6.45) is 0. The van der Waals surface area contributed by atoms with Gasteiger partial charge in [0.25, 0.3) is 11.6 Å². The Hall–Kier alpha value is -3.35. The molecule has 0 spiro atoms. The second kappa shape index (κ2) is 10.1. The molecule has 33 heavy (non-hydrogen) atoms. The van der Waals surface area contributed by atoms with E-state index in [2.05, 4.69) is 5.32 Å². The number of ether oxygens (including phenoxy) is 1. The molecule has 1 saturated heterocycles. The number of sulfonamides is 1. The zero-order chi connectivity index (χ0) is 24.2. The standard InChI is InChI=1S/C21H24N4O7S/c1-3-32-21(27)16-12-15(13-18(14-16)25(28)29)20(26)22-17-4-6-19(7-5-17)33(30,31)24-10-8-23(2)9-11-24/h4-7,12-14H,3,8-11H2,1-2H3,(H,22,26). The molecule has 0 bridgehead atoms. The minimum absolute atomic E-state index is 0.0758. The zero-order valence-electron chi connectivity index (χ0n) is 18.2. The smallest absolute Gasteiger partial charge is 0.338 e. The van der Waals surface area contributed by atoms with E-state index >= 15 is 0 Å². The molecule has 0 unspecified atom stereocenters. The summed E-state index contributed by atoms with van der Waals surface area (Å²) in [6, 6.07) is 8.93. The van der Waals surface area contributed by atoms with Gasteiger partial charge in [0.1, 0.15) is 0 Å². The Kier molecular flexibility index (Phi) is 7.41. The first-order valence-corrected chi connectivity index (χ1v) is 11.6. The number of nitrogens with zero attached hydrogens (tertiary/aromatic N) is 3. The number of amides is 1. The van der Waals surface area contributed by atoms with Gasteiger partial charge in [-0.05, 0) is 44.3 Å². The third-order valence-corrected chi connectivity index (χ3v) is 7.03. The first-order chi connectivity index (χ1) is 15.6. The molecule has 0 aromatic heterocycles. The number of hydrogen-bond donors (Lipinski definition) is 1. The summed E-state index contributed by atoms with van der Waals surface area (Å²) in [5.41, 5.74) is -0.368. The third-order valence-electron chi connectivity index (χ3n) is 5.11. The summed E-state index contributed by atoms with van der Waals surface area (Å²) in [4.78, 5) is 37.3. The highest BCUT2D eigenvalue weighted by Gasteiger charge is 2.27. The van der Waals surface area contributed by atoms with Crippen LogP contribution in [0.1, 0.15) is 27.6 Å². The molecule has 2 aromatic carbocycles. The minimum Gasteiger partial charge on any atom is -0.462 e. The second-order valence-corrected chi connectivity index (χ2v) is 9.37. The number of nitro benzene ring substituents is 1. The summed E-state index contributed by atoms with van der Waals surface area (Å²) >= 11 is 0. The van der Waals surface area contributed by atoms with Gasteiger partial charge in [-0.3, -0.25) is 14.9 Å². The van der Waals surface area contributed by atoms with E-state index in [9.17, 15) is 28.1 Å². The summed E-state index contributed by atoms with van der Waals surface area (Å²) < 4.78 is 31.9. The molecule has 0 radical (unpaired) electrons. The van der Waals surface area contributed by atoms with E-state index in [1.807, 2.05) is 11.9 Å². The molecule has 1 aliphatic heterocycles. The Morgan fingerprint density at radius 3 is 2.24 bits per heavy atom. The lowest BCUT2D eigenvalue weighted by Gasteiger charge is -2.31. The predicted molar refractivity (Wildman–Crippen MR) is 120 cm³/mol. The number of carbonyl (C=O) groups is 2. The van der Waals surface area contributed by atoms with Crippen LogP contribution in [0.5, 0.6) is 0 Å². The number of non-ortho nitro benzene ring substituents is 1. The Labute approximate surface area is 191 Å². The van der Waals surface area contributed by atoms with Crippen LogP contribution in [-0.4, -0.2) is 74.3 Å². The van der Waals surface area contributed by atoms with E-state index in [-0.39, 0.29) is 22.6 Å². The Morgan fingerprint density at radius 1 is 1.06 bits per heavy atom. The van der Waals surface area contributed by atoms with Crippen LogP contribution < -0.4 is 5.32 Å². The van der Waals surface area contributed by atoms with Crippen molar-refractivity contribution in [3.8, 4) is 0 Å². The molecular weight excluding hydrogens is 452 g/mol. The van der Waals surface area contributed by atoms with Gasteiger partial charge < -0.3 is 15.0 Å². The fourth-order valence-electron chi connectivity index (χ4n) is 3.27. The summed E-state index contributed by atoms with van der Waals surface area (Å²) in [7, 11) is -1.72. The van der Waals surface area contributed by atoms with Crippen molar-refractivity contribution in [2.75, 3.05) is 45.2 Å². The third kappa shape index (κ3) is 5.72. The lowest BCUT2D eigenvalue weighted by Crippen LogP contribution is -2.46. The van der Waals surface area contributed by atoms with Crippen molar-refractivity contribution in [3.05, 3.63) is 63.7 Å². The molecule has 2 aromatic rings. The maximum absolute atomic E-state index is 12.8. The minimum atomic E-state index is -3.65. The van der Waals surface area contributed by atoms with Gasteiger partial charge in [0.15, 0.2) is 0 Å². The van der Waals surface area contributed by atoms with E-state index in [1.165, 1.54) is 34.6 Å². The predicted octanol–water partition coefficient (Wildman–Crippen LogP) is 1.96. The molecule has 1 fully saturated rings. The van der Waals surface area contributed by atoms with Crippen LogP contribution in [0.4, 0.5) is 11.4 Å². The molecule has 1 heterocycles.